The lowest BCUT2D eigenvalue weighted by Gasteiger charge is -2.45. The fourth-order valence-corrected chi connectivity index (χ4v) is 2.24. The van der Waals surface area contributed by atoms with Crippen molar-refractivity contribution < 1.29 is 14.9 Å². The Morgan fingerprint density at radius 2 is 1.68 bits per heavy atom. The van der Waals surface area contributed by atoms with Crippen LogP contribution in [0.5, 0.6) is 0 Å². The Labute approximate surface area is 116 Å². The molecule has 0 amide bonds. The maximum Gasteiger partial charge on any atom is 0.109 e. The van der Waals surface area contributed by atoms with Crippen LogP contribution in [0.25, 0.3) is 0 Å². The SMILES string of the molecule is CO[C@@H](C)[C@H](O)[C@@](O)(Cc1ccccc1)C(C)(C)C. The molecule has 1 rings (SSSR count). The second-order valence-corrected chi connectivity index (χ2v) is 6.22. The Kier molecular flexibility index (Phi) is 5.13. The lowest BCUT2D eigenvalue weighted by atomic mass is 9.68. The van der Waals surface area contributed by atoms with Crippen molar-refractivity contribution in [1.82, 2.24) is 0 Å². The lowest BCUT2D eigenvalue weighted by Crippen LogP contribution is -2.58. The number of hydrogen-bond acceptors (Lipinski definition) is 3. The van der Waals surface area contributed by atoms with Crippen molar-refractivity contribution in [3.63, 3.8) is 0 Å². The van der Waals surface area contributed by atoms with Crippen LogP contribution in [0.4, 0.5) is 0 Å². The van der Waals surface area contributed by atoms with Gasteiger partial charge in [0.2, 0.25) is 0 Å². The molecule has 0 aliphatic rings. The topological polar surface area (TPSA) is 49.7 Å². The Morgan fingerprint density at radius 3 is 2.11 bits per heavy atom. The van der Waals surface area contributed by atoms with Crippen molar-refractivity contribution in [1.29, 1.82) is 0 Å². The average Bonchev–Trinajstić information content (AvgIpc) is 2.36. The normalized spacial score (nSPS) is 18.7. The summed E-state index contributed by atoms with van der Waals surface area (Å²) in [4.78, 5) is 0. The van der Waals surface area contributed by atoms with E-state index in [0.717, 1.165) is 5.56 Å². The second kappa shape index (κ2) is 6.04. The molecule has 1 aromatic rings. The molecule has 19 heavy (non-hydrogen) atoms. The molecule has 3 nitrogen and oxygen atoms in total. The molecule has 3 atom stereocenters. The number of methoxy groups -OCH3 is 1. The van der Waals surface area contributed by atoms with E-state index < -0.39 is 23.2 Å². The third kappa shape index (κ3) is 3.56. The molecule has 0 aromatic heterocycles. The predicted molar refractivity (Wildman–Crippen MR) is 77.0 cm³/mol. The zero-order chi connectivity index (χ0) is 14.7. The van der Waals surface area contributed by atoms with Crippen LogP contribution in [-0.2, 0) is 11.2 Å². The minimum Gasteiger partial charge on any atom is -0.387 e. The Balaban J connectivity index is 3.07. The van der Waals surface area contributed by atoms with Gasteiger partial charge in [0.1, 0.15) is 11.7 Å². The van der Waals surface area contributed by atoms with Crippen LogP contribution in [0.2, 0.25) is 0 Å². The molecule has 0 saturated heterocycles. The first-order valence-corrected chi connectivity index (χ1v) is 6.69. The summed E-state index contributed by atoms with van der Waals surface area (Å²) in [7, 11) is 1.54. The minimum absolute atomic E-state index is 0.395. The standard InChI is InChI=1S/C16H26O3/c1-12(19-5)14(17)16(18,15(2,3)4)11-13-9-7-6-8-10-13/h6-10,12,14,17-18H,11H2,1-5H3/t12-,14-,16-/m0/s1. The Morgan fingerprint density at radius 1 is 1.16 bits per heavy atom. The smallest absolute Gasteiger partial charge is 0.109 e. The van der Waals surface area contributed by atoms with Crippen molar-refractivity contribution in [2.24, 2.45) is 5.41 Å². The van der Waals surface area contributed by atoms with Gasteiger partial charge in [0.15, 0.2) is 0 Å². The summed E-state index contributed by atoms with van der Waals surface area (Å²) in [5, 5.41) is 21.5. The number of rotatable bonds is 5. The van der Waals surface area contributed by atoms with Crippen molar-refractivity contribution in [2.75, 3.05) is 7.11 Å². The van der Waals surface area contributed by atoms with Gasteiger partial charge >= 0.3 is 0 Å². The molecule has 0 aliphatic heterocycles. The first-order chi connectivity index (χ1) is 8.72. The van der Waals surface area contributed by atoms with Crippen LogP contribution >= 0.6 is 0 Å². The van der Waals surface area contributed by atoms with Crippen LogP contribution < -0.4 is 0 Å². The summed E-state index contributed by atoms with van der Waals surface area (Å²) in [6.07, 6.45) is -0.975. The van der Waals surface area contributed by atoms with E-state index in [-0.39, 0.29) is 0 Å². The lowest BCUT2D eigenvalue weighted by molar-refractivity contribution is -0.177. The van der Waals surface area contributed by atoms with E-state index in [1.165, 1.54) is 0 Å². The Bertz CT molecular complexity index is 383. The molecule has 0 fully saturated rings. The molecule has 108 valence electrons. The molecule has 0 saturated carbocycles. The average molecular weight is 266 g/mol. The Hall–Kier alpha value is -0.900. The number of benzene rings is 1. The van der Waals surface area contributed by atoms with Crippen molar-refractivity contribution >= 4 is 0 Å². The van der Waals surface area contributed by atoms with Gasteiger partial charge in [-0.25, -0.2) is 0 Å². The molecule has 0 radical (unpaired) electrons. The van der Waals surface area contributed by atoms with Gasteiger partial charge in [0.25, 0.3) is 0 Å². The van der Waals surface area contributed by atoms with E-state index in [2.05, 4.69) is 0 Å². The number of aliphatic hydroxyl groups excluding tert-OH is 1. The van der Waals surface area contributed by atoms with Crippen molar-refractivity contribution in [3.8, 4) is 0 Å². The van der Waals surface area contributed by atoms with Crippen LogP contribution in [0, 0.1) is 5.41 Å². The van der Waals surface area contributed by atoms with Crippen LogP contribution in [-0.4, -0.2) is 35.1 Å². The zero-order valence-corrected chi connectivity index (χ0v) is 12.6. The van der Waals surface area contributed by atoms with Crippen molar-refractivity contribution in [3.05, 3.63) is 35.9 Å². The maximum absolute atomic E-state index is 11.0. The van der Waals surface area contributed by atoms with Crippen LogP contribution in [0.15, 0.2) is 30.3 Å². The van der Waals surface area contributed by atoms with E-state index in [0.29, 0.717) is 6.42 Å². The van der Waals surface area contributed by atoms with Gasteiger partial charge in [-0.15, -0.1) is 0 Å². The molecule has 0 unspecified atom stereocenters. The summed E-state index contributed by atoms with van der Waals surface area (Å²) in [6, 6.07) is 9.73. The highest BCUT2D eigenvalue weighted by atomic mass is 16.5. The highest BCUT2D eigenvalue weighted by Gasteiger charge is 2.48. The third-order valence-corrected chi connectivity index (χ3v) is 3.92. The largest absolute Gasteiger partial charge is 0.387 e. The molecular weight excluding hydrogens is 240 g/mol. The summed E-state index contributed by atoms with van der Waals surface area (Å²) in [5.41, 5.74) is -0.707. The molecule has 0 heterocycles. The minimum atomic E-state index is -1.25. The van der Waals surface area contributed by atoms with Gasteiger partial charge < -0.3 is 14.9 Å². The van der Waals surface area contributed by atoms with Gasteiger partial charge in [0.05, 0.1) is 6.10 Å². The number of hydrogen-bond donors (Lipinski definition) is 2. The fraction of sp³-hybridized carbons (Fsp3) is 0.625. The zero-order valence-electron chi connectivity index (χ0n) is 12.6. The summed E-state index contributed by atoms with van der Waals surface area (Å²) < 4.78 is 5.18. The van der Waals surface area contributed by atoms with E-state index in [9.17, 15) is 10.2 Å². The predicted octanol–water partition coefficient (Wildman–Crippen LogP) is 2.40. The monoisotopic (exact) mass is 266 g/mol. The van der Waals surface area contributed by atoms with E-state index in [1.54, 1.807) is 14.0 Å². The third-order valence-electron chi connectivity index (χ3n) is 3.92. The molecule has 0 spiro atoms. The van der Waals surface area contributed by atoms with Gasteiger partial charge in [-0.3, -0.25) is 0 Å². The van der Waals surface area contributed by atoms with Crippen molar-refractivity contribution in [2.45, 2.75) is 51.9 Å². The summed E-state index contributed by atoms with van der Waals surface area (Å²) in [5.74, 6) is 0. The van der Waals surface area contributed by atoms with Crippen LogP contribution in [0.1, 0.15) is 33.3 Å². The van der Waals surface area contributed by atoms with Crippen LogP contribution in [0.3, 0.4) is 0 Å². The maximum atomic E-state index is 11.0. The molecule has 1 aromatic carbocycles. The van der Waals surface area contributed by atoms with E-state index in [1.807, 2.05) is 51.1 Å². The summed E-state index contributed by atoms with van der Waals surface area (Å²) >= 11 is 0. The quantitative estimate of drug-likeness (QED) is 0.860. The molecule has 3 heteroatoms. The van der Waals surface area contributed by atoms with E-state index in [4.69, 9.17) is 4.74 Å². The van der Waals surface area contributed by atoms with Gasteiger partial charge in [0, 0.05) is 13.5 Å². The fourth-order valence-electron chi connectivity index (χ4n) is 2.24. The van der Waals surface area contributed by atoms with Gasteiger partial charge in [-0.05, 0) is 17.9 Å². The molecular formula is C16H26O3. The summed E-state index contributed by atoms with van der Waals surface area (Å²) in [6.45, 7) is 7.57. The highest BCUT2D eigenvalue weighted by molar-refractivity contribution is 5.19. The molecule has 0 bridgehead atoms. The van der Waals surface area contributed by atoms with Gasteiger partial charge in [-0.1, -0.05) is 51.1 Å². The highest BCUT2D eigenvalue weighted by Crippen LogP contribution is 2.37. The van der Waals surface area contributed by atoms with E-state index >= 15 is 0 Å². The number of ether oxygens (including phenoxy) is 1. The second-order valence-electron chi connectivity index (χ2n) is 6.22. The van der Waals surface area contributed by atoms with Gasteiger partial charge in [-0.2, -0.15) is 0 Å². The first-order valence-electron chi connectivity index (χ1n) is 6.69. The molecule has 0 aliphatic carbocycles. The molecule has 2 N–H and O–H groups in total. The number of aliphatic hydroxyl groups is 2. The first kappa shape index (κ1) is 16.2.